The molecule has 0 fully saturated rings. The predicted octanol–water partition coefficient (Wildman–Crippen LogP) is 0.639. The highest BCUT2D eigenvalue weighted by Gasteiger charge is 2.12. The Balaban J connectivity index is 0.00000361. The summed E-state index contributed by atoms with van der Waals surface area (Å²) in [5, 5.41) is 4.84. The molecule has 2 amide bonds. The van der Waals surface area contributed by atoms with Gasteiger partial charge in [0, 0.05) is 0 Å². The fraction of sp³-hybridized carbons (Fsp3) is 0.333. The molecule has 0 spiro atoms. The Bertz CT molecular complexity index is 486. The summed E-state index contributed by atoms with van der Waals surface area (Å²) in [6.45, 7) is 1.20. The second-order valence-corrected chi connectivity index (χ2v) is 3.94. The lowest BCUT2D eigenvalue weighted by atomic mass is 10.1. The third-order valence-electron chi connectivity index (χ3n) is 2.45. The molecule has 4 N–H and O–H groups in total. The largest absolute Gasteiger partial charge is 0.348 e. The van der Waals surface area contributed by atoms with E-state index in [0.717, 1.165) is 12.1 Å². The number of carbonyl (C=O) groups excluding carboxylic acids is 2. The maximum Gasteiger partial charge on any atom is 0.239 e. The Morgan fingerprint density at radius 2 is 1.90 bits per heavy atom. The van der Waals surface area contributed by atoms with Crippen LogP contribution in [0.4, 0.5) is 8.78 Å². The molecule has 0 aromatic heterocycles. The number of carbonyl (C=O) groups is 2. The highest BCUT2D eigenvalue weighted by Crippen LogP contribution is 2.15. The minimum Gasteiger partial charge on any atom is -0.348 e. The second-order valence-electron chi connectivity index (χ2n) is 3.94. The first-order chi connectivity index (χ1) is 8.93. The summed E-state index contributed by atoms with van der Waals surface area (Å²) in [7, 11) is 0. The van der Waals surface area contributed by atoms with Crippen LogP contribution < -0.4 is 16.4 Å². The van der Waals surface area contributed by atoms with Crippen molar-refractivity contribution in [3.63, 3.8) is 0 Å². The normalized spacial score (nSPS) is 11.2. The van der Waals surface area contributed by atoms with E-state index in [1.165, 1.54) is 6.07 Å². The zero-order valence-corrected chi connectivity index (χ0v) is 11.6. The van der Waals surface area contributed by atoms with Gasteiger partial charge in [-0.15, -0.1) is 12.4 Å². The fourth-order valence-corrected chi connectivity index (χ4v) is 1.41. The van der Waals surface area contributed by atoms with Crippen LogP contribution in [-0.4, -0.2) is 24.9 Å². The van der Waals surface area contributed by atoms with Gasteiger partial charge in [0.2, 0.25) is 11.8 Å². The van der Waals surface area contributed by atoms with E-state index >= 15 is 0 Å². The maximum atomic E-state index is 13.0. The van der Waals surface area contributed by atoms with Gasteiger partial charge in [-0.25, -0.2) is 8.78 Å². The van der Waals surface area contributed by atoms with Crippen LogP contribution >= 0.6 is 12.4 Å². The topological polar surface area (TPSA) is 84.2 Å². The summed E-state index contributed by atoms with van der Waals surface area (Å²) < 4.78 is 25.8. The van der Waals surface area contributed by atoms with Crippen molar-refractivity contribution in [1.29, 1.82) is 0 Å². The van der Waals surface area contributed by atoms with E-state index in [1.54, 1.807) is 6.92 Å². The first-order valence-electron chi connectivity index (χ1n) is 5.65. The van der Waals surface area contributed by atoms with Crippen LogP contribution in [0.3, 0.4) is 0 Å². The summed E-state index contributed by atoms with van der Waals surface area (Å²) in [6.07, 6.45) is 0. The lowest BCUT2D eigenvalue weighted by molar-refractivity contribution is -0.125. The molecule has 0 aliphatic carbocycles. The molecule has 0 aliphatic rings. The summed E-state index contributed by atoms with van der Waals surface area (Å²) in [4.78, 5) is 22.3. The van der Waals surface area contributed by atoms with E-state index in [2.05, 4.69) is 10.6 Å². The van der Waals surface area contributed by atoms with Crippen molar-refractivity contribution in [1.82, 2.24) is 10.6 Å². The number of amides is 2. The molecule has 0 saturated heterocycles. The fourth-order valence-electron chi connectivity index (χ4n) is 1.41. The number of nitrogens with two attached hydrogens (primary N) is 1. The molecule has 0 heterocycles. The molecular formula is C12H16ClF2N3O2. The van der Waals surface area contributed by atoms with Gasteiger partial charge in [-0.2, -0.15) is 0 Å². The third kappa shape index (κ3) is 5.50. The molecular weight excluding hydrogens is 292 g/mol. The second kappa shape index (κ2) is 8.44. The number of rotatable bonds is 5. The van der Waals surface area contributed by atoms with Gasteiger partial charge in [0.15, 0.2) is 11.6 Å². The first-order valence-corrected chi connectivity index (χ1v) is 5.65. The highest BCUT2D eigenvalue weighted by atomic mass is 35.5. The lowest BCUT2D eigenvalue weighted by Gasteiger charge is -2.14. The monoisotopic (exact) mass is 307 g/mol. The minimum absolute atomic E-state index is 0. The third-order valence-corrected chi connectivity index (χ3v) is 2.45. The van der Waals surface area contributed by atoms with Gasteiger partial charge in [-0.1, -0.05) is 6.07 Å². The smallest absolute Gasteiger partial charge is 0.239 e. The van der Waals surface area contributed by atoms with Crippen LogP contribution in [-0.2, 0) is 9.59 Å². The van der Waals surface area contributed by atoms with Crippen molar-refractivity contribution in [2.45, 2.75) is 13.0 Å². The van der Waals surface area contributed by atoms with Crippen LogP contribution in [0.15, 0.2) is 18.2 Å². The first kappa shape index (κ1) is 18.3. The van der Waals surface area contributed by atoms with Crippen molar-refractivity contribution < 1.29 is 18.4 Å². The Morgan fingerprint density at radius 1 is 1.25 bits per heavy atom. The summed E-state index contributed by atoms with van der Waals surface area (Å²) in [5.41, 5.74) is 5.49. The lowest BCUT2D eigenvalue weighted by Crippen LogP contribution is -2.40. The van der Waals surface area contributed by atoms with Crippen LogP contribution in [0.1, 0.15) is 18.5 Å². The highest BCUT2D eigenvalue weighted by molar-refractivity contribution is 5.85. The molecule has 20 heavy (non-hydrogen) atoms. The number of nitrogens with one attached hydrogen (secondary N) is 2. The van der Waals surface area contributed by atoms with Crippen molar-refractivity contribution in [2.75, 3.05) is 13.1 Å². The molecule has 8 heteroatoms. The average Bonchev–Trinajstić information content (AvgIpc) is 2.38. The van der Waals surface area contributed by atoms with Crippen LogP contribution in [0.5, 0.6) is 0 Å². The molecule has 0 bridgehead atoms. The van der Waals surface area contributed by atoms with Crippen LogP contribution in [0.25, 0.3) is 0 Å². The SMILES string of the molecule is CC(NC(=O)CNC(=O)CN)c1ccc(F)c(F)c1.Cl. The van der Waals surface area contributed by atoms with Gasteiger partial charge < -0.3 is 16.4 Å². The Labute approximate surface area is 121 Å². The Hall–Kier alpha value is -1.73. The van der Waals surface area contributed by atoms with E-state index in [4.69, 9.17) is 5.73 Å². The molecule has 1 atom stereocenters. The molecule has 1 aromatic carbocycles. The van der Waals surface area contributed by atoms with E-state index in [-0.39, 0.29) is 25.5 Å². The number of hydrogen-bond donors (Lipinski definition) is 3. The quantitative estimate of drug-likeness (QED) is 0.746. The minimum atomic E-state index is -0.977. The van der Waals surface area contributed by atoms with Crippen molar-refractivity contribution >= 4 is 24.2 Å². The van der Waals surface area contributed by atoms with Crippen LogP contribution in [0.2, 0.25) is 0 Å². The van der Waals surface area contributed by atoms with E-state index in [9.17, 15) is 18.4 Å². The average molecular weight is 308 g/mol. The van der Waals surface area contributed by atoms with Crippen molar-refractivity contribution in [3.05, 3.63) is 35.4 Å². The molecule has 0 radical (unpaired) electrons. The molecule has 1 aromatic rings. The van der Waals surface area contributed by atoms with E-state index in [0.29, 0.717) is 5.56 Å². The molecule has 1 rings (SSSR count). The summed E-state index contributed by atoms with van der Waals surface area (Å²) >= 11 is 0. The molecule has 0 aliphatic heterocycles. The Morgan fingerprint density at radius 3 is 2.45 bits per heavy atom. The van der Waals surface area contributed by atoms with Crippen molar-refractivity contribution in [2.24, 2.45) is 5.73 Å². The number of halogens is 3. The van der Waals surface area contributed by atoms with Crippen molar-refractivity contribution in [3.8, 4) is 0 Å². The van der Waals surface area contributed by atoms with Gasteiger partial charge in [0.1, 0.15) is 0 Å². The van der Waals surface area contributed by atoms with Gasteiger partial charge in [-0.3, -0.25) is 9.59 Å². The van der Waals surface area contributed by atoms with E-state index < -0.39 is 29.5 Å². The van der Waals surface area contributed by atoms with Gasteiger partial charge >= 0.3 is 0 Å². The summed E-state index contributed by atoms with van der Waals surface area (Å²) in [5.74, 6) is -2.82. The van der Waals surface area contributed by atoms with Gasteiger partial charge in [-0.05, 0) is 24.6 Å². The molecule has 5 nitrogen and oxygen atoms in total. The molecule has 0 saturated carbocycles. The standard InChI is InChI=1S/C12H15F2N3O2.ClH/c1-7(8-2-3-9(13)10(14)4-8)17-12(19)6-16-11(18)5-15;/h2-4,7H,5-6,15H2,1H3,(H,16,18)(H,17,19);1H. The predicted molar refractivity (Wildman–Crippen MR) is 72.2 cm³/mol. The zero-order valence-electron chi connectivity index (χ0n) is 10.8. The number of benzene rings is 1. The maximum absolute atomic E-state index is 13.0. The molecule has 112 valence electrons. The Kier molecular flexibility index (Phi) is 7.71. The zero-order chi connectivity index (χ0) is 14.4. The molecule has 1 unspecified atom stereocenters. The summed E-state index contributed by atoms with van der Waals surface area (Å²) in [6, 6.07) is 2.88. The van der Waals surface area contributed by atoms with Gasteiger partial charge in [0.25, 0.3) is 0 Å². The van der Waals surface area contributed by atoms with Gasteiger partial charge in [0.05, 0.1) is 19.1 Å². The number of hydrogen-bond acceptors (Lipinski definition) is 3. The van der Waals surface area contributed by atoms with E-state index in [1.807, 2.05) is 0 Å². The van der Waals surface area contributed by atoms with Crippen LogP contribution in [0, 0.1) is 11.6 Å².